The summed E-state index contributed by atoms with van der Waals surface area (Å²) in [4.78, 5) is 1.99. The third-order valence-corrected chi connectivity index (χ3v) is 7.07. The van der Waals surface area contributed by atoms with Gasteiger partial charge in [0.1, 0.15) is 17.3 Å². The number of aromatic nitrogens is 1. The number of piperidine rings is 1. The van der Waals surface area contributed by atoms with Gasteiger partial charge in [0, 0.05) is 19.7 Å². The minimum atomic E-state index is 0.00333. The molecule has 6 heteroatoms. The van der Waals surface area contributed by atoms with E-state index in [9.17, 15) is 5.11 Å². The molecule has 1 aromatic heterocycles. The Morgan fingerprint density at radius 2 is 1.81 bits per heavy atom. The molecule has 2 aliphatic rings. The van der Waals surface area contributed by atoms with Gasteiger partial charge in [0.15, 0.2) is 0 Å². The number of rotatable bonds is 6. The van der Waals surface area contributed by atoms with Crippen LogP contribution in [0.3, 0.4) is 0 Å². The summed E-state index contributed by atoms with van der Waals surface area (Å²) in [6.07, 6.45) is 9.38. The number of unbranched alkanes of at least 4 members (excludes halogenated alkanes) is 1. The van der Waals surface area contributed by atoms with E-state index in [2.05, 4.69) is 31.2 Å². The second kappa shape index (κ2) is 10.3. The van der Waals surface area contributed by atoms with Crippen molar-refractivity contribution >= 4 is 5.96 Å². The quantitative estimate of drug-likeness (QED) is 0.455. The number of fused-ring (bicyclic) bond motifs is 1. The molecule has 2 atom stereocenters. The van der Waals surface area contributed by atoms with Crippen LogP contribution in [0, 0.1) is 16.7 Å². The highest BCUT2D eigenvalue weighted by molar-refractivity contribution is 5.79. The molecule has 1 aliphatic carbocycles. The summed E-state index contributed by atoms with van der Waals surface area (Å²) in [5.41, 5.74) is 2.97. The predicted molar refractivity (Wildman–Crippen MR) is 126 cm³/mol. The first-order valence-corrected chi connectivity index (χ1v) is 12.1. The SMILES string of the molecule is CCCC[C@H]1CC[C@@H](Oc2ccc(=N)n(C(=N)N3CCC(CO)CC3)c2)c2ccccc21. The molecule has 172 valence electrons. The molecule has 0 radical (unpaired) electrons. The van der Waals surface area contributed by atoms with E-state index in [0.29, 0.717) is 23.5 Å². The predicted octanol–water partition coefficient (Wildman–Crippen LogP) is 4.64. The smallest absolute Gasteiger partial charge is 0.203 e. The number of nitrogens with zero attached hydrogens (tertiary/aromatic N) is 2. The van der Waals surface area contributed by atoms with Gasteiger partial charge in [-0.3, -0.25) is 15.4 Å². The number of pyridine rings is 1. The Hall–Kier alpha value is -2.60. The topological polar surface area (TPSA) is 85.3 Å². The van der Waals surface area contributed by atoms with Crippen molar-refractivity contribution in [3.05, 3.63) is 59.2 Å². The van der Waals surface area contributed by atoms with Crippen molar-refractivity contribution in [1.29, 1.82) is 10.8 Å². The van der Waals surface area contributed by atoms with Crippen LogP contribution in [-0.4, -0.2) is 40.2 Å². The Bertz CT molecular complexity index is 978. The zero-order valence-corrected chi connectivity index (χ0v) is 19.1. The van der Waals surface area contributed by atoms with Gasteiger partial charge in [-0.1, -0.05) is 44.0 Å². The van der Waals surface area contributed by atoms with E-state index in [1.807, 2.05) is 11.0 Å². The van der Waals surface area contributed by atoms with Crippen molar-refractivity contribution in [3.8, 4) is 5.75 Å². The average Bonchev–Trinajstić information content (AvgIpc) is 2.84. The molecular formula is C26H36N4O2. The molecule has 1 fully saturated rings. The van der Waals surface area contributed by atoms with Crippen LogP contribution in [0.2, 0.25) is 0 Å². The van der Waals surface area contributed by atoms with Gasteiger partial charge in [0.25, 0.3) is 0 Å². The normalized spacial score (nSPS) is 21.2. The molecule has 2 aromatic rings. The zero-order chi connectivity index (χ0) is 22.5. The maximum atomic E-state index is 9.37. The molecule has 1 aromatic carbocycles. The monoisotopic (exact) mass is 436 g/mol. The molecular weight excluding hydrogens is 400 g/mol. The number of aliphatic hydroxyl groups excluding tert-OH is 1. The molecule has 0 amide bonds. The zero-order valence-electron chi connectivity index (χ0n) is 19.1. The highest BCUT2D eigenvalue weighted by Gasteiger charge is 2.28. The first-order valence-electron chi connectivity index (χ1n) is 12.1. The van der Waals surface area contributed by atoms with E-state index >= 15 is 0 Å². The van der Waals surface area contributed by atoms with E-state index in [1.54, 1.807) is 16.8 Å². The van der Waals surface area contributed by atoms with E-state index in [0.717, 1.165) is 38.8 Å². The number of hydrogen-bond donors (Lipinski definition) is 3. The number of hydrogen-bond acceptors (Lipinski definition) is 4. The van der Waals surface area contributed by atoms with E-state index < -0.39 is 0 Å². The fourth-order valence-electron chi connectivity index (χ4n) is 5.08. The molecule has 1 aliphatic heterocycles. The fraction of sp³-hybridized carbons (Fsp3) is 0.538. The lowest BCUT2D eigenvalue weighted by molar-refractivity contribution is 0.163. The van der Waals surface area contributed by atoms with Crippen molar-refractivity contribution < 1.29 is 9.84 Å². The van der Waals surface area contributed by atoms with Crippen molar-refractivity contribution in [2.75, 3.05) is 19.7 Å². The van der Waals surface area contributed by atoms with Gasteiger partial charge < -0.3 is 14.7 Å². The Morgan fingerprint density at radius 3 is 2.53 bits per heavy atom. The summed E-state index contributed by atoms with van der Waals surface area (Å²) in [5.74, 6) is 1.94. The van der Waals surface area contributed by atoms with Gasteiger partial charge in [-0.2, -0.15) is 0 Å². The van der Waals surface area contributed by atoms with Crippen LogP contribution in [0.5, 0.6) is 5.75 Å². The van der Waals surface area contributed by atoms with Crippen LogP contribution in [-0.2, 0) is 0 Å². The van der Waals surface area contributed by atoms with Gasteiger partial charge in [0.2, 0.25) is 5.96 Å². The lowest BCUT2D eigenvalue weighted by Gasteiger charge is -2.34. The summed E-state index contributed by atoms with van der Waals surface area (Å²) in [5, 5.41) is 26.4. The second-order valence-electron chi connectivity index (χ2n) is 9.21. The first kappa shape index (κ1) is 22.6. The maximum absolute atomic E-state index is 9.37. The van der Waals surface area contributed by atoms with Crippen LogP contribution < -0.4 is 10.2 Å². The van der Waals surface area contributed by atoms with Crippen LogP contribution in [0.15, 0.2) is 42.6 Å². The molecule has 0 spiro atoms. The highest BCUT2D eigenvalue weighted by Crippen LogP contribution is 2.41. The van der Waals surface area contributed by atoms with E-state index in [-0.39, 0.29) is 18.2 Å². The summed E-state index contributed by atoms with van der Waals surface area (Å²) in [7, 11) is 0. The van der Waals surface area contributed by atoms with Gasteiger partial charge in [-0.05, 0) is 67.2 Å². The van der Waals surface area contributed by atoms with Gasteiger partial charge in [-0.15, -0.1) is 0 Å². The number of ether oxygens (including phenoxy) is 1. The largest absolute Gasteiger partial charge is 0.484 e. The average molecular weight is 437 g/mol. The summed E-state index contributed by atoms with van der Waals surface area (Å²) >= 11 is 0. The van der Waals surface area contributed by atoms with Gasteiger partial charge in [-0.25, -0.2) is 0 Å². The van der Waals surface area contributed by atoms with Crippen molar-refractivity contribution in [3.63, 3.8) is 0 Å². The number of benzene rings is 1. The first-order chi connectivity index (χ1) is 15.6. The summed E-state index contributed by atoms with van der Waals surface area (Å²) in [6.45, 7) is 3.93. The van der Waals surface area contributed by atoms with Gasteiger partial charge in [0.05, 0.1) is 6.20 Å². The van der Waals surface area contributed by atoms with Crippen LogP contribution in [0.4, 0.5) is 0 Å². The molecule has 4 rings (SSSR count). The lowest BCUT2D eigenvalue weighted by Crippen LogP contribution is -2.44. The van der Waals surface area contributed by atoms with Crippen LogP contribution >= 0.6 is 0 Å². The Kier molecular flexibility index (Phi) is 7.30. The fourth-order valence-corrected chi connectivity index (χ4v) is 5.08. The Labute approximate surface area is 190 Å². The van der Waals surface area contributed by atoms with Crippen molar-refractivity contribution in [1.82, 2.24) is 9.47 Å². The number of likely N-dealkylation sites (tertiary alicyclic amines) is 1. The lowest BCUT2D eigenvalue weighted by atomic mass is 9.79. The molecule has 6 nitrogen and oxygen atoms in total. The third-order valence-electron chi connectivity index (χ3n) is 7.07. The highest BCUT2D eigenvalue weighted by atomic mass is 16.5. The molecule has 0 saturated carbocycles. The molecule has 2 heterocycles. The molecule has 0 unspecified atom stereocenters. The minimum Gasteiger partial charge on any atom is -0.484 e. The number of nitrogens with one attached hydrogen (secondary N) is 2. The summed E-state index contributed by atoms with van der Waals surface area (Å²) < 4.78 is 8.05. The van der Waals surface area contributed by atoms with Crippen molar-refractivity contribution in [2.24, 2.45) is 5.92 Å². The molecule has 1 saturated heterocycles. The van der Waals surface area contributed by atoms with E-state index in [4.69, 9.17) is 15.6 Å². The van der Waals surface area contributed by atoms with Gasteiger partial charge >= 0.3 is 0 Å². The second-order valence-corrected chi connectivity index (χ2v) is 9.21. The Morgan fingerprint density at radius 1 is 1.06 bits per heavy atom. The summed E-state index contributed by atoms with van der Waals surface area (Å²) in [6, 6.07) is 12.2. The number of aliphatic hydroxyl groups is 1. The third kappa shape index (κ3) is 4.90. The standard InChI is InChI=1S/C26H36N4O2/c1-2-3-6-20-9-11-24(23-8-5-4-7-22(20)23)32-21-10-12-25(27)30(17-21)26(28)29-15-13-19(18-31)14-16-29/h4-5,7-8,10,12,17,19-20,24,27-28,31H,2-3,6,9,11,13-16,18H2,1H3/t20-,24+/m0/s1. The van der Waals surface area contributed by atoms with Crippen molar-refractivity contribution in [2.45, 2.75) is 63.9 Å². The maximum Gasteiger partial charge on any atom is 0.203 e. The van der Waals surface area contributed by atoms with Crippen LogP contribution in [0.25, 0.3) is 0 Å². The molecule has 3 N–H and O–H groups in total. The minimum absolute atomic E-state index is 0.00333. The molecule has 32 heavy (non-hydrogen) atoms. The Balaban J connectivity index is 1.50. The van der Waals surface area contributed by atoms with Crippen LogP contribution in [0.1, 0.15) is 75.0 Å². The van der Waals surface area contributed by atoms with E-state index in [1.165, 1.54) is 30.4 Å². The molecule has 0 bridgehead atoms.